The van der Waals surface area contributed by atoms with Crippen LogP contribution in [0.3, 0.4) is 0 Å². The zero-order valence-corrected chi connectivity index (χ0v) is 12.1. The van der Waals surface area contributed by atoms with Crippen molar-refractivity contribution in [3.05, 3.63) is 21.0 Å². The number of hydrogen-bond acceptors (Lipinski definition) is 2. The molecule has 0 atom stereocenters. The summed E-state index contributed by atoms with van der Waals surface area (Å²) in [5.41, 5.74) is 3.57. The van der Waals surface area contributed by atoms with Crippen molar-refractivity contribution >= 4 is 33.6 Å². The summed E-state index contributed by atoms with van der Waals surface area (Å²) in [6, 6.07) is 2.24. The van der Waals surface area contributed by atoms with E-state index in [2.05, 4.69) is 50.8 Å². The van der Waals surface area contributed by atoms with Gasteiger partial charge in [-0.3, -0.25) is 0 Å². The quantitative estimate of drug-likeness (QED) is 0.860. The fourth-order valence-electron chi connectivity index (χ4n) is 2.27. The minimum absolute atomic E-state index is 0.763. The molecule has 1 aliphatic rings. The van der Waals surface area contributed by atoms with Crippen LogP contribution >= 0.6 is 22.6 Å². The molecule has 17 heavy (non-hydrogen) atoms. The smallest absolute Gasteiger partial charge is 0.161 e. The summed E-state index contributed by atoms with van der Waals surface area (Å²) in [7, 11) is 0. The van der Waals surface area contributed by atoms with E-state index in [1.165, 1.54) is 40.3 Å². The fourth-order valence-corrected chi connectivity index (χ4v) is 3.26. The van der Waals surface area contributed by atoms with E-state index in [9.17, 15) is 0 Å². The first-order chi connectivity index (χ1) is 8.29. The number of hydrogen-bond donors (Lipinski definition) is 1. The first-order valence-corrected chi connectivity index (χ1v) is 7.41. The van der Waals surface area contributed by atoms with E-state index >= 15 is 0 Å². The standard InChI is InChI=1S/C13H16IN3/c1-2-3-4-9-7-10-11(8-5-6-8)12(14)15-13(10)17-16-9/h7-8H,2-6H2,1H3,(H,15,17). The highest BCUT2D eigenvalue weighted by Gasteiger charge is 2.29. The maximum absolute atomic E-state index is 4.32. The summed E-state index contributed by atoms with van der Waals surface area (Å²) in [6.45, 7) is 2.21. The second-order valence-corrected chi connectivity index (χ2v) is 5.91. The Hall–Kier alpha value is -0.650. The van der Waals surface area contributed by atoms with Gasteiger partial charge in [0.25, 0.3) is 0 Å². The van der Waals surface area contributed by atoms with Gasteiger partial charge in [0.15, 0.2) is 5.65 Å². The number of H-pyrrole nitrogens is 1. The average Bonchev–Trinajstić information content (AvgIpc) is 3.09. The number of aromatic amines is 1. The molecule has 0 spiro atoms. The highest BCUT2D eigenvalue weighted by Crippen LogP contribution is 2.45. The van der Waals surface area contributed by atoms with E-state index < -0.39 is 0 Å². The van der Waals surface area contributed by atoms with Gasteiger partial charge >= 0.3 is 0 Å². The fraction of sp³-hybridized carbons (Fsp3) is 0.538. The number of unbranched alkanes of at least 4 members (excludes halogenated alkanes) is 1. The van der Waals surface area contributed by atoms with E-state index in [-0.39, 0.29) is 0 Å². The summed E-state index contributed by atoms with van der Waals surface area (Å²) in [5.74, 6) is 0.763. The Morgan fingerprint density at radius 2 is 2.24 bits per heavy atom. The molecule has 0 bridgehead atoms. The minimum Gasteiger partial charge on any atom is -0.333 e. The second-order valence-electron chi connectivity index (χ2n) is 4.83. The maximum atomic E-state index is 4.32. The largest absolute Gasteiger partial charge is 0.333 e. The lowest BCUT2D eigenvalue weighted by atomic mass is 10.1. The number of nitrogens with one attached hydrogen (secondary N) is 1. The topological polar surface area (TPSA) is 41.6 Å². The van der Waals surface area contributed by atoms with Crippen molar-refractivity contribution in [1.29, 1.82) is 0 Å². The van der Waals surface area contributed by atoms with Crippen LogP contribution in [0.2, 0.25) is 0 Å². The van der Waals surface area contributed by atoms with Gasteiger partial charge in [-0.2, -0.15) is 5.10 Å². The van der Waals surface area contributed by atoms with E-state index in [0.29, 0.717) is 0 Å². The van der Waals surface area contributed by atoms with E-state index in [1.54, 1.807) is 0 Å². The summed E-state index contributed by atoms with van der Waals surface area (Å²) >= 11 is 2.39. The predicted molar refractivity (Wildman–Crippen MR) is 77.2 cm³/mol. The monoisotopic (exact) mass is 341 g/mol. The molecular weight excluding hydrogens is 325 g/mol. The van der Waals surface area contributed by atoms with Gasteiger partial charge < -0.3 is 4.98 Å². The van der Waals surface area contributed by atoms with Crippen LogP contribution in [0, 0.1) is 3.70 Å². The number of halogens is 1. The molecule has 1 aliphatic carbocycles. The van der Waals surface area contributed by atoms with Gasteiger partial charge in [0.1, 0.15) is 0 Å². The highest BCUT2D eigenvalue weighted by molar-refractivity contribution is 14.1. The molecule has 3 rings (SSSR count). The Balaban J connectivity index is 2.03. The zero-order valence-electron chi connectivity index (χ0n) is 9.96. The lowest BCUT2D eigenvalue weighted by Crippen LogP contribution is -1.93. The average molecular weight is 341 g/mol. The van der Waals surface area contributed by atoms with E-state index in [0.717, 1.165) is 23.7 Å². The van der Waals surface area contributed by atoms with Gasteiger partial charge in [-0.1, -0.05) is 13.3 Å². The number of rotatable bonds is 4. The molecular formula is C13H16IN3. The zero-order chi connectivity index (χ0) is 11.8. The summed E-state index contributed by atoms with van der Waals surface area (Å²) in [5, 5.41) is 9.91. The Bertz CT molecular complexity index is 543. The molecule has 0 aliphatic heterocycles. The predicted octanol–water partition coefficient (Wildman–Crippen LogP) is 3.78. The third kappa shape index (κ3) is 2.19. The highest BCUT2D eigenvalue weighted by atomic mass is 127. The molecule has 4 heteroatoms. The molecule has 0 amide bonds. The lowest BCUT2D eigenvalue weighted by molar-refractivity contribution is 0.763. The summed E-state index contributed by atoms with van der Waals surface area (Å²) < 4.78 is 1.25. The second kappa shape index (κ2) is 4.55. The van der Waals surface area contributed by atoms with Crippen molar-refractivity contribution in [1.82, 2.24) is 15.2 Å². The number of nitrogens with zero attached hydrogens (tertiary/aromatic N) is 2. The van der Waals surface area contributed by atoms with Crippen molar-refractivity contribution in [2.45, 2.75) is 44.9 Å². The van der Waals surface area contributed by atoms with Gasteiger partial charge in [-0.25, -0.2) is 0 Å². The van der Waals surface area contributed by atoms with Crippen LogP contribution in [0.15, 0.2) is 6.07 Å². The van der Waals surface area contributed by atoms with Gasteiger partial charge in [0.05, 0.1) is 9.39 Å². The third-order valence-corrected chi connectivity index (χ3v) is 4.22. The normalized spacial score (nSPS) is 15.6. The van der Waals surface area contributed by atoms with Crippen LogP contribution in [-0.2, 0) is 6.42 Å². The Labute approximate surface area is 115 Å². The van der Waals surface area contributed by atoms with Crippen molar-refractivity contribution in [3.63, 3.8) is 0 Å². The molecule has 2 aromatic heterocycles. The van der Waals surface area contributed by atoms with Gasteiger partial charge in [-0.05, 0) is 65.8 Å². The van der Waals surface area contributed by atoms with E-state index in [4.69, 9.17) is 0 Å². The Morgan fingerprint density at radius 1 is 1.41 bits per heavy atom. The van der Waals surface area contributed by atoms with Crippen molar-refractivity contribution < 1.29 is 0 Å². The molecule has 3 nitrogen and oxygen atoms in total. The molecule has 1 saturated carbocycles. The third-order valence-electron chi connectivity index (χ3n) is 3.37. The van der Waals surface area contributed by atoms with Crippen LogP contribution < -0.4 is 0 Å². The van der Waals surface area contributed by atoms with Crippen LogP contribution in [0.4, 0.5) is 0 Å². The van der Waals surface area contributed by atoms with Gasteiger partial charge in [0.2, 0.25) is 0 Å². The number of fused-ring (bicyclic) bond motifs is 1. The first-order valence-electron chi connectivity index (χ1n) is 6.33. The van der Waals surface area contributed by atoms with Crippen molar-refractivity contribution in [3.8, 4) is 0 Å². The lowest BCUT2D eigenvalue weighted by Gasteiger charge is -2.00. The maximum Gasteiger partial charge on any atom is 0.161 e. The molecule has 0 aromatic carbocycles. The van der Waals surface area contributed by atoms with Gasteiger partial charge in [-0.15, -0.1) is 5.10 Å². The number of aromatic nitrogens is 3. The minimum atomic E-state index is 0.763. The summed E-state index contributed by atoms with van der Waals surface area (Å²) in [6.07, 6.45) is 6.11. The molecule has 1 N–H and O–H groups in total. The molecule has 2 aromatic rings. The van der Waals surface area contributed by atoms with Gasteiger partial charge in [0, 0.05) is 5.39 Å². The molecule has 0 unspecified atom stereocenters. The molecule has 2 heterocycles. The SMILES string of the molecule is CCCCc1cc2c(C3CC3)c(I)[nH]c2nn1. The van der Waals surface area contributed by atoms with Crippen molar-refractivity contribution in [2.75, 3.05) is 0 Å². The van der Waals surface area contributed by atoms with Crippen LogP contribution in [-0.4, -0.2) is 15.2 Å². The summed E-state index contributed by atoms with van der Waals surface area (Å²) in [4.78, 5) is 3.34. The number of aryl methyl sites for hydroxylation is 1. The Morgan fingerprint density at radius 3 is 2.94 bits per heavy atom. The first kappa shape index (κ1) is 11.4. The Kier molecular flexibility index (Phi) is 3.06. The van der Waals surface area contributed by atoms with Crippen LogP contribution in [0.25, 0.3) is 11.0 Å². The van der Waals surface area contributed by atoms with E-state index in [1.807, 2.05) is 0 Å². The molecule has 0 saturated heterocycles. The van der Waals surface area contributed by atoms with Crippen molar-refractivity contribution in [2.24, 2.45) is 0 Å². The molecule has 90 valence electrons. The van der Waals surface area contributed by atoms with Crippen LogP contribution in [0.1, 0.15) is 49.8 Å². The molecule has 0 radical (unpaired) electrons. The molecule has 1 fully saturated rings. The van der Waals surface area contributed by atoms with Crippen LogP contribution in [0.5, 0.6) is 0 Å².